The molecule has 5 nitrogen and oxygen atoms in total. The summed E-state index contributed by atoms with van der Waals surface area (Å²) in [5.74, 6) is -0.992. The Hall–Kier alpha value is -1.95. The summed E-state index contributed by atoms with van der Waals surface area (Å²) in [4.78, 5) is 25.3. The monoisotopic (exact) mass is 322 g/mol. The minimum atomic E-state index is -0.563. The predicted octanol–water partition coefficient (Wildman–Crippen LogP) is 2.02. The van der Waals surface area contributed by atoms with Crippen LogP contribution >= 0.6 is 0 Å². The number of aryl methyl sites for hydroxylation is 1. The lowest BCUT2D eigenvalue weighted by Gasteiger charge is -2.42. The zero-order chi connectivity index (χ0) is 17.0. The van der Waals surface area contributed by atoms with E-state index in [-0.39, 0.29) is 24.1 Å². The smallest absolute Gasteiger partial charge is 0.254 e. The Bertz CT molecular complexity index is 606. The highest BCUT2D eigenvalue weighted by Gasteiger charge is 2.37. The summed E-state index contributed by atoms with van der Waals surface area (Å²) in [6.45, 7) is 2.63. The van der Waals surface area contributed by atoms with E-state index in [1.807, 2.05) is 0 Å². The normalized spacial score (nSPS) is 21.3. The number of ether oxygens (including phenoxy) is 1. The molecule has 126 valence electrons. The number of nitrogens with two attached hydrogens (primary N) is 1. The average Bonchev–Trinajstić information content (AvgIpc) is 2.55. The van der Waals surface area contributed by atoms with Crippen molar-refractivity contribution in [3.8, 4) is 0 Å². The minimum Gasteiger partial charge on any atom is -0.376 e. The third-order valence-corrected chi connectivity index (χ3v) is 4.51. The minimum absolute atomic E-state index is 0.217. The van der Waals surface area contributed by atoms with Crippen molar-refractivity contribution in [2.24, 2.45) is 5.73 Å². The number of likely N-dealkylation sites (tertiary alicyclic amines) is 1. The van der Waals surface area contributed by atoms with Crippen molar-refractivity contribution < 1.29 is 18.7 Å². The molecule has 23 heavy (non-hydrogen) atoms. The maximum atomic E-state index is 13.7. The molecule has 0 radical (unpaired) electrons. The van der Waals surface area contributed by atoms with Gasteiger partial charge in [0, 0.05) is 32.2 Å². The van der Waals surface area contributed by atoms with E-state index in [2.05, 4.69) is 0 Å². The Balaban J connectivity index is 2.14. The first-order chi connectivity index (χ1) is 10.9. The summed E-state index contributed by atoms with van der Waals surface area (Å²) in [7, 11) is 1.58. The SMILES string of the molecule is COC1(CCC(N)=O)CCCN(C(=O)c2ccc(C)c(F)c2)C1. The first-order valence-corrected chi connectivity index (χ1v) is 7.76. The molecular formula is C17H23FN2O3. The highest BCUT2D eigenvalue weighted by atomic mass is 19.1. The molecule has 0 spiro atoms. The van der Waals surface area contributed by atoms with Gasteiger partial charge in [-0.3, -0.25) is 9.59 Å². The van der Waals surface area contributed by atoms with Crippen molar-refractivity contribution in [1.82, 2.24) is 4.90 Å². The van der Waals surface area contributed by atoms with Crippen LogP contribution in [0.4, 0.5) is 4.39 Å². The molecule has 2 amide bonds. The lowest BCUT2D eigenvalue weighted by Crippen LogP contribution is -2.51. The second-order valence-electron chi connectivity index (χ2n) is 6.15. The molecule has 1 aromatic rings. The van der Waals surface area contributed by atoms with Crippen LogP contribution in [0.3, 0.4) is 0 Å². The number of carbonyl (C=O) groups excluding carboxylic acids is 2. The van der Waals surface area contributed by atoms with Gasteiger partial charge >= 0.3 is 0 Å². The fourth-order valence-electron chi connectivity index (χ4n) is 3.00. The van der Waals surface area contributed by atoms with Gasteiger partial charge < -0.3 is 15.4 Å². The third kappa shape index (κ3) is 4.07. The number of benzene rings is 1. The molecule has 1 saturated heterocycles. The van der Waals surface area contributed by atoms with Gasteiger partial charge in [-0.15, -0.1) is 0 Å². The van der Waals surface area contributed by atoms with Crippen LogP contribution in [-0.4, -0.2) is 42.5 Å². The quantitative estimate of drug-likeness (QED) is 0.901. The summed E-state index contributed by atoms with van der Waals surface area (Å²) in [5.41, 5.74) is 5.50. The van der Waals surface area contributed by atoms with E-state index < -0.39 is 5.60 Å². The summed E-state index contributed by atoms with van der Waals surface area (Å²) in [6, 6.07) is 4.50. The number of halogens is 1. The number of hydrogen-bond acceptors (Lipinski definition) is 3. The molecule has 1 aromatic carbocycles. The molecule has 1 aliphatic heterocycles. The van der Waals surface area contributed by atoms with E-state index in [1.54, 1.807) is 31.1 Å². The predicted molar refractivity (Wildman–Crippen MR) is 84.4 cm³/mol. The summed E-state index contributed by atoms with van der Waals surface area (Å²) >= 11 is 0. The second kappa shape index (κ2) is 7.08. The van der Waals surface area contributed by atoms with Gasteiger partial charge in [-0.2, -0.15) is 0 Å². The topological polar surface area (TPSA) is 72.6 Å². The van der Waals surface area contributed by atoms with Crippen LogP contribution in [0.1, 0.15) is 41.6 Å². The molecule has 0 bridgehead atoms. The van der Waals surface area contributed by atoms with Crippen LogP contribution in [0.25, 0.3) is 0 Å². The molecule has 1 heterocycles. The highest BCUT2D eigenvalue weighted by Crippen LogP contribution is 2.30. The highest BCUT2D eigenvalue weighted by molar-refractivity contribution is 5.94. The number of amides is 2. The van der Waals surface area contributed by atoms with E-state index >= 15 is 0 Å². The Morgan fingerprint density at radius 3 is 2.78 bits per heavy atom. The molecule has 0 aromatic heterocycles. The lowest BCUT2D eigenvalue weighted by molar-refractivity contribution is -0.121. The molecule has 1 unspecified atom stereocenters. The molecule has 2 rings (SSSR count). The van der Waals surface area contributed by atoms with Crippen LogP contribution in [0.2, 0.25) is 0 Å². The number of hydrogen-bond donors (Lipinski definition) is 1. The molecule has 2 N–H and O–H groups in total. The third-order valence-electron chi connectivity index (χ3n) is 4.51. The van der Waals surface area contributed by atoms with Crippen molar-refractivity contribution in [1.29, 1.82) is 0 Å². The lowest BCUT2D eigenvalue weighted by atomic mass is 9.87. The molecule has 0 saturated carbocycles. The van der Waals surface area contributed by atoms with Gasteiger partial charge in [-0.1, -0.05) is 6.07 Å². The largest absolute Gasteiger partial charge is 0.376 e. The number of nitrogens with zero attached hydrogens (tertiary/aromatic N) is 1. The number of methoxy groups -OCH3 is 1. The zero-order valence-corrected chi connectivity index (χ0v) is 13.6. The van der Waals surface area contributed by atoms with Gasteiger partial charge in [0.15, 0.2) is 0 Å². The fourth-order valence-corrected chi connectivity index (χ4v) is 3.00. The first-order valence-electron chi connectivity index (χ1n) is 7.76. The zero-order valence-electron chi connectivity index (χ0n) is 13.6. The van der Waals surface area contributed by atoms with Gasteiger partial charge in [0.1, 0.15) is 5.82 Å². The molecule has 0 aliphatic carbocycles. The molecule has 6 heteroatoms. The van der Waals surface area contributed by atoms with E-state index in [4.69, 9.17) is 10.5 Å². The summed E-state index contributed by atoms with van der Waals surface area (Å²) < 4.78 is 19.3. The van der Waals surface area contributed by atoms with Crippen LogP contribution in [0, 0.1) is 12.7 Å². The molecule has 1 fully saturated rings. The van der Waals surface area contributed by atoms with Gasteiger partial charge in [-0.05, 0) is 43.9 Å². The summed E-state index contributed by atoms with van der Waals surface area (Å²) in [5, 5.41) is 0. The maximum Gasteiger partial charge on any atom is 0.254 e. The number of rotatable bonds is 5. The van der Waals surface area contributed by atoms with Gasteiger partial charge in [-0.25, -0.2) is 4.39 Å². The van der Waals surface area contributed by atoms with Crippen molar-refractivity contribution in [3.63, 3.8) is 0 Å². The molecular weight excluding hydrogens is 299 g/mol. The Morgan fingerprint density at radius 1 is 1.43 bits per heavy atom. The van der Waals surface area contributed by atoms with E-state index in [1.165, 1.54) is 6.07 Å². The maximum absolute atomic E-state index is 13.7. The van der Waals surface area contributed by atoms with Crippen molar-refractivity contribution in [3.05, 3.63) is 35.1 Å². The van der Waals surface area contributed by atoms with E-state index in [9.17, 15) is 14.0 Å². The Morgan fingerprint density at radius 2 is 2.17 bits per heavy atom. The Kier molecular flexibility index (Phi) is 5.36. The fraction of sp³-hybridized carbons (Fsp3) is 0.529. The standard InChI is InChI=1S/C17H23FN2O3/c1-12-4-5-13(10-14(12)18)16(22)20-9-3-7-17(11-20,23-2)8-6-15(19)21/h4-5,10H,3,6-9,11H2,1-2H3,(H2,19,21). The number of carbonyl (C=O) groups is 2. The second-order valence-corrected chi connectivity index (χ2v) is 6.15. The molecule has 1 atom stereocenters. The van der Waals surface area contributed by atoms with Crippen LogP contribution in [-0.2, 0) is 9.53 Å². The van der Waals surface area contributed by atoms with Crippen molar-refractivity contribution in [2.45, 2.75) is 38.2 Å². The summed E-state index contributed by atoms with van der Waals surface area (Å²) in [6.07, 6.45) is 2.23. The molecule has 1 aliphatic rings. The van der Waals surface area contributed by atoms with Crippen molar-refractivity contribution in [2.75, 3.05) is 20.2 Å². The Labute approximate surface area is 135 Å². The van der Waals surface area contributed by atoms with Crippen LogP contribution in [0.5, 0.6) is 0 Å². The van der Waals surface area contributed by atoms with Gasteiger partial charge in [0.05, 0.1) is 5.60 Å². The number of piperidine rings is 1. The van der Waals surface area contributed by atoms with Gasteiger partial charge in [0.25, 0.3) is 5.91 Å². The number of primary amides is 1. The van der Waals surface area contributed by atoms with Crippen molar-refractivity contribution >= 4 is 11.8 Å². The average molecular weight is 322 g/mol. The van der Waals surface area contributed by atoms with E-state index in [0.717, 1.165) is 12.8 Å². The van der Waals surface area contributed by atoms with Gasteiger partial charge in [0.2, 0.25) is 5.91 Å². The van der Waals surface area contributed by atoms with Crippen LogP contribution < -0.4 is 5.73 Å². The van der Waals surface area contributed by atoms with E-state index in [0.29, 0.717) is 30.6 Å². The first kappa shape index (κ1) is 17.4. The van der Waals surface area contributed by atoms with Crippen LogP contribution in [0.15, 0.2) is 18.2 Å².